The average Bonchev–Trinajstić information content (AvgIpc) is 2.62. The standard InChI is InChI=1S/C21H28N2O/c1-16(22-13-11-17-5-8-20(24-2)9-6-17)14-18-7-10-21-19(15-18)4-3-12-23-21/h5-10,15-16,22-23H,3-4,11-14H2,1-2H3. The Morgan fingerprint density at radius 2 is 1.92 bits per heavy atom. The number of rotatable bonds is 7. The highest BCUT2D eigenvalue weighted by molar-refractivity contribution is 5.54. The molecule has 0 aliphatic carbocycles. The van der Waals surface area contributed by atoms with Crippen LogP contribution in [-0.4, -0.2) is 26.2 Å². The molecule has 3 heteroatoms. The van der Waals surface area contributed by atoms with Crippen molar-refractivity contribution >= 4 is 5.69 Å². The fourth-order valence-corrected chi connectivity index (χ4v) is 3.34. The lowest BCUT2D eigenvalue weighted by atomic mass is 9.98. The van der Waals surface area contributed by atoms with Crippen LogP contribution < -0.4 is 15.4 Å². The van der Waals surface area contributed by atoms with E-state index in [1.165, 1.54) is 35.2 Å². The van der Waals surface area contributed by atoms with E-state index < -0.39 is 0 Å². The zero-order valence-electron chi connectivity index (χ0n) is 14.8. The summed E-state index contributed by atoms with van der Waals surface area (Å²) in [6.07, 6.45) is 4.57. The topological polar surface area (TPSA) is 33.3 Å². The molecule has 1 aliphatic heterocycles. The van der Waals surface area contributed by atoms with E-state index in [4.69, 9.17) is 4.74 Å². The van der Waals surface area contributed by atoms with Crippen molar-refractivity contribution in [1.82, 2.24) is 5.32 Å². The molecule has 24 heavy (non-hydrogen) atoms. The number of hydrogen-bond acceptors (Lipinski definition) is 3. The molecule has 128 valence electrons. The molecule has 3 rings (SSSR count). The van der Waals surface area contributed by atoms with Gasteiger partial charge in [0.1, 0.15) is 5.75 Å². The minimum Gasteiger partial charge on any atom is -0.497 e. The van der Waals surface area contributed by atoms with E-state index in [0.29, 0.717) is 6.04 Å². The molecule has 3 nitrogen and oxygen atoms in total. The van der Waals surface area contributed by atoms with Gasteiger partial charge in [0.25, 0.3) is 0 Å². The number of hydrogen-bond donors (Lipinski definition) is 2. The molecular formula is C21H28N2O. The van der Waals surface area contributed by atoms with Gasteiger partial charge < -0.3 is 15.4 Å². The smallest absolute Gasteiger partial charge is 0.118 e. The Hall–Kier alpha value is -2.00. The van der Waals surface area contributed by atoms with Crippen molar-refractivity contribution < 1.29 is 4.74 Å². The second-order valence-electron chi connectivity index (χ2n) is 6.68. The highest BCUT2D eigenvalue weighted by Gasteiger charge is 2.10. The third kappa shape index (κ3) is 4.51. The number of methoxy groups -OCH3 is 1. The molecule has 1 aliphatic rings. The molecule has 2 N–H and O–H groups in total. The summed E-state index contributed by atoms with van der Waals surface area (Å²) in [5.41, 5.74) is 5.58. The van der Waals surface area contributed by atoms with Crippen LogP contribution in [0, 0.1) is 0 Å². The Labute approximate surface area is 145 Å². The van der Waals surface area contributed by atoms with Gasteiger partial charge in [0.2, 0.25) is 0 Å². The monoisotopic (exact) mass is 324 g/mol. The molecule has 1 unspecified atom stereocenters. The van der Waals surface area contributed by atoms with Gasteiger partial charge in [-0.2, -0.15) is 0 Å². The van der Waals surface area contributed by atoms with Crippen LogP contribution >= 0.6 is 0 Å². The summed E-state index contributed by atoms with van der Waals surface area (Å²) in [4.78, 5) is 0. The summed E-state index contributed by atoms with van der Waals surface area (Å²) in [6, 6.07) is 15.7. The molecule has 1 heterocycles. The van der Waals surface area contributed by atoms with Crippen molar-refractivity contribution in [3.8, 4) is 5.75 Å². The first kappa shape index (κ1) is 16.8. The van der Waals surface area contributed by atoms with Crippen LogP contribution in [0.5, 0.6) is 5.75 Å². The first-order valence-electron chi connectivity index (χ1n) is 8.96. The third-order valence-corrected chi connectivity index (χ3v) is 4.72. The molecule has 1 atom stereocenters. The molecular weight excluding hydrogens is 296 g/mol. The molecule has 0 aromatic heterocycles. The number of aryl methyl sites for hydroxylation is 1. The van der Waals surface area contributed by atoms with E-state index in [-0.39, 0.29) is 0 Å². The normalized spacial score (nSPS) is 14.6. The van der Waals surface area contributed by atoms with E-state index in [9.17, 15) is 0 Å². The highest BCUT2D eigenvalue weighted by atomic mass is 16.5. The molecule has 0 bridgehead atoms. The van der Waals surface area contributed by atoms with Crippen molar-refractivity contribution in [2.45, 2.75) is 38.6 Å². The van der Waals surface area contributed by atoms with E-state index in [1.807, 2.05) is 12.1 Å². The fourth-order valence-electron chi connectivity index (χ4n) is 3.34. The van der Waals surface area contributed by atoms with Gasteiger partial charge in [-0.05, 0) is 74.0 Å². The third-order valence-electron chi connectivity index (χ3n) is 4.72. The summed E-state index contributed by atoms with van der Waals surface area (Å²) >= 11 is 0. The van der Waals surface area contributed by atoms with E-state index >= 15 is 0 Å². The lowest BCUT2D eigenvalue weighted by Gasteiger charge is -2.20. The highest BCUT2D eigenvalue weighted by Crippen LogP contribution is 2.23. The van der Waals surface area contributed by atoms with Crippen LogP contribution in [0.25, 0.3) is 0 Å². The largest absolute Gasteiger partial charge is 0.497 e. The second-order valence-corrected chi connectivity index (χ2v) is 6.68. The Balaban J connectivity index is 1.46. The number of ether oxygens (including phenoxy) is 1. The average molecular weight is 324 g/mol. The van der Waals surface area contributed by atoms with Gasteiger partial charge in [0, 0.05) is 18.3 Å². The quantitative estimate of drug-likeness (QED) is 0.812. The molecule has 0 fully saturated rings. The van der Waals surface area contributed by atoms with Gasteiger partial charge in [0.15, 0.2) is 0 Å². The molecule has 0 amide bonds. The number of fused-ring (bicyclic) bond motifs is 1. The van der Waals surface area contributed by atoms with E-state index in [2.05, 4.69) is 47.9 Å². The van der Waals surface area contributed by atoms with Crippen LogP contribution in [-0.2, 0) is 19.3 Å². The van der Waals surface area contributed by atoms with Crippen molar-refractivity contribution in [2.24, 2.45) is 0 Å². The minimum absolute atomic E-state index is 0.484. The van der Waals surface area contributed by atoms with Crippen LogP contribution in [0.3, 0.4) is 0 Å². The number of anilines is 1. The van der Waals surface area contributed by atoms with Gasteiger partial charge in [-0.3, -0.25) is 0 Å². The lowest BCUT2D eigenvalue weighted by molar-refractivity contribution is 0.414. The minimum atomic E-state index is 0.484. The zero-order valence-corrected chi connectivity index (χ0v) is 14.8. The Kier molecular flexibility index (Phi) is 5.76. The predicted molar refractivity (Wildman–Crippen MR) is 101 cm³/mol. The van der Waals surface area contributed by atoms with Gasteiger partial charge >= 0.3 is 0 Å². The second kappa shape index (κ2) is 8.20. The molecule has 2 aromatic rings. The predicted octanol–water partition coefficient (Wildman–Crippen LogP) is 3.82. The van der Waals surface area contributed by atoms with Crippen molar-refractivity contribution in [2.75, 3.05) is 25.5 Å². The van der Waals surface area contributed by atoms with Crippen LogP contribution in [0.15, 0.2) is 42.5 Å². The Morgan fingerprint density at radius 3 is 2.71 bits per heavy atom. The molecule has 2 aromatic carbocycles. The van der Waals surface area contributed by atoms with Gasteiger partial charge in [-0.25, -0.2) is 0 Å². The first-order valence-corrected chi connectivity index (χ1v) is 8.96. The lowest BCUT2D eigenvalue weighted by Crippen LogP contribution is -2.30. The first-order chi connectivity index (χ1) is 11.7. The molecule has 0 saturated heterocycles. The number of benzene rings is 2. The number of nitrogens with one attached hydrogen (secondary N) is 2. The summed E-state index contributed by atoms with van der Waals surface area (Å²) in [5, 5.41) is 7.12. The van der Waals surface area contributed by atoms with Crippen LogP contribution in [0.1, 0.15) is 30.0 Å². The van der Waals surface area contributed by atoms with Crippen LogP contribution in [0.2, 0.25) is 0 Å². The summed E-state index contributed by atoms with van der Waals surface area (Å²) < 4.78 is 5.20. The van der Waals surface area contributed by atoms with Crippen molar-refractivity contribution in [3.63, 3.8) is 0 Å². The summed E-state index contributed by atoms with van der Waals surface area (Å²) in [6.45, 7) is 4.38. The van der Waals surface area contributed by atoms with Gasteiger partial charge in [-0.1, -0.05) is 24.3 Å². The molecule has 0 saturated carbocycles. The Morgan fingerprint density at radius 1 is 1.12 bits per heavy atom. The summed E-state index contributed by atoms with van der Waals surface area (Å²) in [5.74, 6) is 0.918. The van der Waals surface area contributed by atoms with E-state index in [1.54, 1.807) is 7.11 Å². The maximum absolute atomic E-state index is 5.20. The Bertz CT molecular complexity index is 651. The van der Waals surface area contributed by atoms with Crippen molar-refractivity contribution in [1.29, 1.82) is 0 Å². The SMILES string of the molecule is COc1ccc(CCNC(C)Cc2ccc3c(c2)CCCN3)cc1. The summed E-state index contributed by atoms with van der Waals surface area (Å²) in [7, 11) is 1.70. The van der Waals surface area contributed by atoms with E-state index in [0.717, 1.165) is 31.7 Å². The molecule has 0 radical (unpaired) electrons. The van der Waals surface area contributed by atoms with Gasteiger partial charge in [0.05, 0.1) is 7.11 Å². The molecule has 0 spiro atoms. The van der Waals surface area contributed by atoms with Gasteiger partial charge in [-0.15, -0.1) is 0 Å². The van der Waals surface area contributed by atoms with Crippen molar-refractivity contribution in [3.05, 3.63) is 59.2 Å². The zero-order chi connectivity index (χ0) is 16.8. The van der Waals surface area contributed by atoms with Crippen LogP contribution in [0.4, 0.5) is 5.69 Å². The maximum Gasteiger partial charge on any atom is 0.118 e. The fraction of sp³-hybridized carbons (Fsp3) is 0.429. The maximum atomic E-state index is 5.20.